The second kappa shape index (κ2) is 2.87. The number of hydrogen-bond donors (Lipinski definition) is 1. The van der Waals surface area contributed by atoms with E-state index in [1.807, 2.05) is 6.21 Å². The number of nitrogens with zero attached hydrogens (tertiary/aromatic N) is 1. The van der Waals surface area contributed by atoms with Gasteiger partial charge < -0.3 is 0 Å². The van der Waals surface area contributed by atoms with Crippen molar-refractivity contribution in [2.24, 2.45) is 4.99 Å². The highest BCUT2D eigenvalue weighted by Gasteiger charge is 2.09. The minimum absolute atomic E-state index is 0.254. The first-order chi connectivity index (χ1) is 3.79. The summed E-state index contributed by atoms with van der Waals surface area (Å²) in [6.07, 6.45) is 4.17. The zero-order chi connectivity index (χ0) is 5.98. The largest absolute Gasteiger partial charge is 0.282 e. The Morgan fingerprint density at radius 3 is 2.75 bits per heavy atom. The summed E-state index contributed by atoms with van der Waals surface area (Å²) in [5, 5.41) is 0.254. The summed E-state index contributed by atoms with van der Waals surface area (Å²) < 4.78 is 0. The second-order valence-electron chi connectivity index (χ2n) is 1.87. The van der Waals surface area contributed by atoms with Crippen molar-refractivity contribution in [2.75, 3.05) is 0 Å². The minimum Gasteiger partial charge on any atom is -0.282 e. The lowest BCUT2D eigenvalue weighted by atomic mass is 10.2. The highest BCUT2D eigenvalue weighted by Crippen LogP contribution is 2.17. The van der Waals surface area contributed by atoms with Crippen LogP contribution in [0.4, 0.5) is 0 Å². The predicted octanol–water partition coefficient (Wildman–Crippen LogP) is 1.87. The van der Waals surface area contributed by atoms with Crippen molar-refractivity contribution in [3.8, 4) is 0 Å². The van der Waals surface area contributed by atoms with E-state index in [9.17, 15) is 0 Å². The van der Waals surface area contributed by atoms with Crippen LogP contribution in [0.3, 0.4) is 0 Å². The van der Waals surface area contributed by atoms with E-state index in [1.165, 1.54) is 0 Å². The molecule has 0 amide bonds. The first-order valence-corrected chi connectivity index (χ1v) is 4.07. The quantitative estimate of drug-likeness (QED) is 0.446. The Morgan fingerprint density at radius 1 is 1.62 bits per heavy atom. The summed E-state index contributed by atoms with van der Waals surface area (Å²) in [5.74, 6) is 0. The van der Waals surface area contributed by atoms with Gasteiger partial charge in [0, 0.05) is 11.0 Å². The van der Waals surface area contributed by atoms with Crippen molar-refractivity contribution < 1.29 is 0 Å². The molecule has 0 spiro atoms. The van der Waals surface area contributed by atoms with Crippen LogP contribution in [-0.4, -0.2) is 16.4 Å². The lowest BCUT2D eigenvalue weighted by Gasteiger charge is -2.12. The molecule has 1 aliphatic heterocycles. The molecule has 1 nitrogen and oxygen atoms in total. The number of thiol groups is 1. The van der Waals surface area contributed by atoms with Crippen molar-refractivity contribution in [3.63, 3.8) is 0 Å². The van der Waals surface area contributed by atoms with Crippen molar-refractivity contribution in [1.29, 1.82) is 0 Å². The summed E-state index contributed by atoms with van der Waals surface area (Å²) in [6.45, 7) is 0. The third kappa shape index (κ3) is 1.78. The fraction of sp³-hybridized carbons (Fsp3) is 0.800. The molecular weight excluding hydrogens is 186 g/mol. The minimum atomic E-state index is 0.254. The summed E-state index contributed by atoms with van der Waals surface area (Å²) >= 11 is 7.62. The lowest BCUT2D eigenvalue weighted by Crippen LogP contribution is -2.11. The van der Waals surface area contributed by atoms with Crippen LogP contribution in [0.2, 0.25) is 0 Å². The molecule has 0 N–H and O–H groups in total. The molecule has 1 heterocycles. The van der Waals surface area contributed by atoms with Crippen LogP contribution in [0.5, 0.6) is 0 Å². The van der Waals surface area contributed by atoms with Crippen LogP contribution in [0, 0.1) is 0 Å². The van der Waals surface area contributed by atoms with E-state index in [0.29, 0.717) is 4.83 Å². The van der Waals surface area contributed by atoms with E-state index in [2.05, 4.69) is 33.6 Å². The normalized spacial score (nSPS) is 37.8. The zero-order valence-corrected chi connectivity index (χ0v) is 6.90. The van der Waals surface area contributed by atoms with Crippen molar-refractivity contribution in [3.05, 3.63) is 0 Å². The van der Waals surface area contributed by atoms with Gasteiger partial charge in [0.15, 0.2) is 0 Å². The predicted molar refractivity (Wildman–Crippen MR) is 43.2 cm³/mol. The molecule has 0 aromatic heterocycles. The molecule has 0 fully saturated rings. The standard InChI is InChI=1S/C5H8BrNS/c6-4-1-2-5(8)7-3-4/h3-5,8H,1-2H2. The third-order valence-electron chi connectivity index (χ3n) is 1.12. The summed E-state index contributed by atoms with van der Waals surface area (Å²) in [6, 6.07) is 0. The van der Waals surface area contributed by atoms with E-state index < -0.39 is 0 Å². The number of hydrogen-bond acceptors (Lipinski definition) is 2. The van der Waals surface area contributed by atoms with Gasteiger partial charge in [-0.25, -0.2) is 0 Å². The second-order valence-corrected chi connectivity index (χ2v) is 3.64. The van der Waals surface area contributed by atoms with E-state index in [-0.39, 0.29) is 5.37 Å². The third-order valence-corrected chi connectivity index (χ3v) is 2.21. The molecule has 8 heavy (non-hydrogen) atoms. The van der Waals surface area contributed by atoms with Crippen LogP contribution in [0.25, 0.3) is 0 Å². The smallest absolute Gasteiger partial charge is 0.0920 e. The van der Waals surface area contributed by atoms with Gasteiger partial charge in [-0.2, -0.15) is 12.6 Å². The van der Waals surface area contributed by atoms with Gasteiger partial charge in [-0.1, -0.05) is 15.9 Å². The van der Waals surface area contributed by atoms with Gasteiger partial charge in [0.1, 0.15) is 0 Å². The maximum atomic E-state index is 4.18. The average Bonchev–Trinajstić information content (AvgIpc) is 1.77. The number of aliphatic imine (C=N–C) groups is 1. The molecule has 2 unspecified atom stereocenters. The van der Waals surface area contributed by atoms with E-state index >= 15 is 0 Å². The Bertz CT molecular complexity index is 92.6. The molecule has 0 saturated heterocycles. The first kappa shape index (κ1) is 6.62. The average molecular weight is 194 g/mol. The molecule has 0 aromatic rings. The van der Waals surface area contributed by atoms with Crippen LogP contribution >= 0.6 is 28.6 Å². The number of alkyl halides is 1. The molecule has 0 radical (unpaired) electrons. The molecule has 46 valence electrons. The summed E-state index contributed by atoms with van der Waals surface area (Å²) in [7, 11) is 0. The maximum absolute atomic E-state index is 4.18. The fourth-order valence-corrected chi connectivity index (χ4v) is 1.28. The molecule has 3 heteroatoms. The summed E-state index contributed by atoms with van der Waals surface area (Å²) in [5.41, 5.74) is 0. The zero-order valence-electron chi connectivity index (χ0n) is 4.42. The topological polar surface area (TPSA) is 12.4 Å². The molecule has 0 bridgehead atoms. The van der Waals surface area contributed by atoms with E-state index in [0.717, 1.165) is 12.8 Å². The molecule has 1 rings (SSSR count). The number of halogens is 1. The molecular formula is C5H8BrNS. The molecule has 1 aliphatic rings. The SMILES string of the molecule is SC1CCC(Br)C=N1. The van der Waals surface area contributed by atoms with Crippen LogP contribution < -0.4 is 0 Å². The van der Waals surface area contributed by atoms with Gasteiger partial charge in [0.25, 0.3) is 0 Å². The van der Waals surface area contributed by atoms with Gasteiger partial charge in [0.05, 0.1) is 5.37 Å². The van der Waals surface area contributed by atoms with Crippen LogP contribution in [0.15, 0.2) is 4.99 Å². The Morgan fingerprint density at radius 2 is 2.38 bits per heavy atom. The van der Waals surface area contributed by atoms with Gasteiger partial charge in [-0.3, -0.25) is 4.99 Å². The van der Waals surface area contributed by atoms with Crippen LogP contribution in [0.1, 0.15) is 12.8 Å². The van der Waals surface area contributed by atoms with Crippen molar-refractivity contribution in [1.82, 2.24) is 0 Å². The molecule has 2 atom stereocenters. The van der Waals surface area contributed by atoms with Gasteiger partial charge >= 0.3 is 0 Å². The maximum Gasteiger partial charge on any atom is 0.0920 e. The van der Waals surface area contributed by atoms with Gasteiger partial charge in [-0.15, -0.1) is 0 Å². The highest BCUT2D eigenvalue weighted by atomic mass is 79.9. The van der Waals surface area contributed by atoms with Gasteiger partial charge in [0.2, 0.25) is 0 Å². The first-order valence-electron chi connectivity index (χ1n) is 2.64. The summed E-state index contributed by atoms with van der Waals surface area (Å²) in [4.78, 5) is 4.59. The Hall–Kier alpha value is 0.500. The van der Waals surface area contributed by atoms with E-state index in [1.54, 1.807) is 0 Å². The van der Waals surface area contributed by atoms with Crippen molar-refractivity contribution >= 4 is 34.8 Å². The Balaban J connectivity index is 2.42. The van der Waals surface area contributed by atoms with Crippen LogP contribution in [-0.2, 0) is 0 Å². The molecule has 0 aromatic carbocycles. The lowest BCUT2D eigenvalue weighted by molar-refractivity contribution is 0.728. The van der Waals surface area contributed by atoms with Crippen molar-refractivity contribution in [2.45, 2.75) is 23.0 Å². The molecule has 0 saturated carbocycles. The molecule has 0 aliphatic carbocycles. The Kier molecular flexibility index (Phi) is 2.38. The van der Waals surface area contributed by atoms with Gasteiger partial charge in [-0.05, 0) is 12.8 Å². The fourth-order valence-electron chi connectivity index (χ4n) is 0.650. The van der Waals surface area contributed by atoms with E-state index in [4.69, 9.17) is 0 Å². The Labute approximate surface area is 63.1 Å². The highest BCUT2D eigenvalue weighted by molar-refractivity contribution is 9.09. The number of rotatable bonds is 0. The monoisotopic (exact) mass is 193 g/mol.